The van der Waals surface area contributed by atoms with Gasteiger partial charge in [0.15, 0.2) is 0 Å². The molecule has 0 bridgehead atoms. The zero-order valence-corrected chi connectivity index (χ0v) is 11.2. The molecular weight excluding hydrogens is 246 g/mol. The predicted octanol–water partition coefficient (Wildman–Crippen LogP) is 2.65. The van der Waals surface area contributed by atoms with Crippen LogP contribution in [0.4, 0.5) is 5.69 Å². The Morgan fingerprint density at radius 3 is 2.72 bits per heavy atom. The maximum atomic E-state index is 10.5. The smallest absolute Gasteiger partial charge is 0.328 e. The zero-order chi connectivity index (χ0) is 13.0. The summed E-state index contributed by atoms with van der Waals surface area (Å²) in [6.07, 6.45) is 2.83. The van der Waals surface area contributed by atoms with Gasteiger partial charge < -0.3 is 10.0 Å². The average Bonchev–Trinajstić information content (AvgIpc) is 2.38. The normalized spacial score (nSPS) is 16.2. The van der Waals surface area contributed by atoms with Gasteiger partial charge in [-0.2, -0.15) is 11.8 Å². The summed E-state index contributed by atoms with van der Waals surface area (Å²) in [4.78, 5) is 12.9. The predicted molar refractivity (Wildman–Crippen MR) is 77.4 cm³/mol. The van der Waals surface area contributed by atoms with Crippen LogP contribution in [-0.2, 0) is 4.79 Å². The van der Waals surface area contributed by atoms with E-state index in [1.54, 1.807) is 6.08 Å². The number of hydrogen-bond acceptors (Lipinski definition) is 3. The van der Waals surface area contributed by atoms with Crippen molar-refractivity contribution >= 4 is 29.5 Å². The Morgan fingerprint density at radius 1 is 1.39 bits per heavy atom. The van der Waals surface area contributed by atoms with Crippen molar-refractivity contribution in [3.8, 4) is 0 Å². The molecule has 1 fully saturated rings. The quantitative estimate of drug-likeness (QED) is 0.851. The standard InChI is InChI=1S/C14H17NO2S/c1-11-10-13(15-6-8-18-9-7-15)4-2-12(11)3-5-14(16)17/h2-5,10H,6-9H2,1H3,(H,16,17). The van der Waals surface area contributed by atoms with Gasteiger partial charge >= 0.3 is 5.97 Å². The highest BCUT2D eigenvalue weighted by Crippen LogP contribution is 2.23. The first kappa shape index (κ1) is 13.0. The highest BCUT2D eigenvalue weighted by atomic mass is 32.2. The Balaban J connectivity index is 2.16. The molecule has 96 valence electrons. The van der Waals surface area contributed by atoms with Gasteiger partial charge in [0, 0.05) is 36.4 Å². The lowest BCUT2D eigenvalue weighted by molar-refractivity contribution is -0.131. The third-order valence-electron chi connectivity index (χ3n) is 3.04. The van der Waals surface area contributed by atoms with Crippen molar-refractivity contribution in [2.24, 2.45) is 0 Å². The molecule has 18 heavy (non-hydrogen) atoms. The van der Waals surface area contributed by atoms with Gasteiger partial charge in [0.05, 0.1) is 0 Å². The number of carboxylic acids is 1. The number of carboxylic acid groups (broad SMARTS) is 1. The van der Waals surface area contributed by atoms with Gasteiger partial charge in [-0.3, -0.25) is 0 Å². The van der Waals surface area contributed by atoms with Crippen LogP contribution < -0.4 is 4.90 Å². The largest absolute Gasteiger partial charge is 0.478 e. The molecule has 0 unspecified atom stereocenters. The highest BCUT2D eigenvalue weighted by molar-refractivity contribution is 7.99. The van der Waals surface area contributed by atoms with Crippen LogP contribution in [-0.4, -0.2) is 35.7 Å². The Hall–Kier alpha value is -1.42. The van der Waals surface area contributed by atoms with Crippen molar-refractivity contribution in [1.82, 2.24) is 0 Å². The summed E-state index contributed by atoms with van der Waals surface area (Å²) in [6, 6.07) is 6.20. The lowest BCUT2D eigenvalue weighted by atomic mass is 10.1. The summed E-state index contributed by atoms with van der Waals surface area (Å²) in [5.41, 5.74) is 3.32. The van der Waals surface area contributed by atoms with Crippen molar-refractivity contribution in [1.29, 1.82) is 0 Å². The van der Waals surface area contributed by atoms with Crippen LogP contribution in [0, 0.1) is 6.92 Å². The van der Waals surface area contributed by atoms with E-state index in [2.05, 4.69) is 17.0 Å². The number of aliphatic carboxylic acids is 1. The van der Waals surface area contributed by atoms with E-state index in [1.165, 1.54) is 23.3 Å². The molecule has 3 nitrogen and oxygen atoms in total. The van der Waals surface area contributed by atoms with E-state index in [0.717, 1.165) is 24.2 Å². The Bertz CT molecular complexity index is 465. The first-order chi connectivity index (χ1) is 8.66. The molecule has 0 radical (unpaired) electrons. The van der Waals surface area contributed by atoms with Crippen molar-refractivity contribution < 1.29 is 9.90 Å². The van der Waals surface area contributed by atoms with Crippen LogP contribution in [0.3, 0.4) is 0 Å². The third kappa shape index (κ3) is 3.29. The topological polar surface area (TPSA) is 40.5 Å². The number of nitrogens with zero attached hydrogens (tertiary/aromatic N) is 1. The van der Waals surface area contributed by atoms with Crippen molar-refractivity contribution in [2.75, 3.05) is 29.5 Å². The molecule has 0 saturated carbocycles. The second-order valence-corrected chi connectivity index (χ2v) is 5.54. The summed E-state index contributed by atoms with van der Waals surface area (Å²) in [5, 5.41) is 8.63. The van der Waals surface area contributed by atoms with E-state index in [1.807, 2.05) is 24.8 Å². The minimum Gasteiger partial charge on any atom is -0.478 e. The van der Waals surface area contributed by atoms with Gasteiger partial charge in [-0.25, -0.2) is 4.79 Å². The molecule has 0 spiro atoms. The number of aryl methyl sites for hydroxylation is 1. The van der Waals surface area contributed by atoms with Gasteiger partial charge in [0.25, 0.3) is 0 Å². The van der Waals surface area contributed by atoms with Crippen LogP contribution >= 0.6 is 11.8 Å². The van der Waals surface area contributed by atoms with E-state index >= 15 is 0 Å². The lowest BCUT2D eigenvalue weighted by Crippen LogP contribution is -2.32. The molecule has 1 aliphatic heterocycles. The first-order valence-electron chi connectivity index (χ1n) is 6.01. The molecule has 0 aliphatic carbocycles. The molecule has 4 heteroatoms. The van der Waals surface area contributed by atoms with Crippen LogP contribution in [0.15, 0.2) is 24.3 Å². The molecule has 0 aromatic heterocycles. The van der Waals surface area contributed by atoms with E-state index in [9.17, 15) is 4.79 Å². The van der Waals surface area contributed by atoms with Gasteiger partial charge in [-0.15, -0.1) is 0 Å². The molecule has 0 amide bonds. The van der Waals surface area contributed by atoms with E-state index < -0.39 is 5.97 Å². The fourth-order valence-electron chi connectivity index (χ4n) is 2.03. The number of benzene rings is 1. The molecule has 0 atom stereocenters. The molecule has 1 saturated heterocycles. The number of rotatable bonds is 3. The Labute approximate surface area is 111 Å². The first-order valence-corrected chi connectivity index (χ1v) is 7.16. The summed E-state index contributed by atoms with van der Waals surface area (Å²) >= 11 is 1.99. The lowest BCUT2D eigenvalue weighted by Gasteiger charge is -2.29. The molecule has 1 aliphatic rings. The third-order valence-corrected chi connectivity index (χ3v) is 3.98. The fourth-order valence-corrected chi connectivity index (χ4v) is 2.93. The van der Waals surface area contributed by atoms with Crippen LogP contribution in [0.1, 0.15) is 11.1 Å². The van der Waals surface area contributed by atoms with Gasteiger partial charge in [0.2, 0.25) is 0 Å². The number of hydrogen-bond donors (Lipinski definition) is 1. The molecule has 1 heterocycles. The van der Waals surface area contributed by atoms with Gasteiger partial charge in [-0.05, 0) is 36.3 Å². The summed E-state index contributed by atoms with van der Waals surface area (Å²) in [5.74, 6) is 1.45. The van der Waals surface area contributed by atoms with E-state index in [-0.39, 0.29) is 0 Å². The zero-order valence-electron chi connectivity index (χ0n) is 10.4. The number of thioether (sulfide) groups is 1. The van der Waals surface area contributed by atoms with Crippen LogP contribution in [0.25, 0.3) is 6.08 Å². The summed E-state index contributed by atoms with van der Waals surface area (Å²) < 4.78 is 0. The highest BCUT2D eigenvalue weighted by Gasteiger charge is 2.11. The molecule has 1 aromatic carbocycles. The maximum absolute atomic E-state index is 10.5. The maximum Gasteiger partial charge on any atom is 0.328 e. The minimum absolute atomic E-state index is 0.911. The van der Waals surface area contributed by atoms with Gasteiger partial charge in [-0.1, -0.05) is 6.07 Å². The number of carbonyl (C=O) groups is 1. The van der Waals surface area contributed by atoms with Crippen molar-refractivity contribution in [3.63, 3.8) is 0 Å². The monoisotopic (exact) mass is 263 g/mol. The number of anilines is 1. The second-order valence-electron chi connectivity index (χ2n) is 4.31. The van der Waals surface area contributed by atoms with E-state index in [4.69, 9.17) is 5.11 Å². The molecule has 1 aromatic rings. The molecule has 1 N–H and O–H groups in total. The average molecular weight is 263 g/mol. The Kier molecular flexibility index (Phi) is 4.31. The SMILES string of the molecule is Cc1cc(N2CCSCC2)ccc1C=CC(=O)O. The fraction of sp³-hybridized carbons (Fsp3) is 0.357. The van der Waals surface area contributed by atoms with Crippen LogP contribution in [0.5, 0.6) is 0 Å². The second kappa shape index (κ2) is 5.96. The van der Waals surface area contributed by atoms with Crippen molar-refractivity contribution in [3.05, 3.63) is 35.4 Å². The molecular formula is C14H17NO2S. The Morgan fingerprint density at radius 2 is 2.11 bits per heavy atom. The summed E-state index contributed by atoms with van der Waals surface area (Å²) in [6.45, 7) is 4.20. The minimum atomic E-state index is -0.911. The van der Waals surface area contributed by atoms with Crippen LogP contribution in [0.2, 0.25) is 0 Å². The van der Waals surface area contributed by atoms with E-state index in [0.29, 0.717) is 0 Å². The van der Waals surface area contributed by atoms with Crippen molar-refractivity contribution in [2.45, 2.75) is 6.92 Å². The van der Waals surface area contributed by atoms with Gasteiger partial charge in [0.1, 0.15) is 0 Å². The molecule has 2 rings (SSSR count). The summed E-state index contributed by atoms with van der Waals surface area (Å²) in [7, 11) is 0.